The number of hydrogen-bond donors (Lipinski definition) is 1. The van der Waals surface area contributed by atoms with Gasteiger partial charge in [-0.05, 0) is 20.8 Å². The molecule has 1 aliphatic heterocycles. The summed E-state index contributed by atoms with van der Waals surface area (Å²) in [4.78, 5) is 35.6. The molecule has 2 heterocycles. The Hall–Kier alpha value is -2.83. The third kappa shape index (κ3) is 9.98. The molecule has 0 saturated carbocycles. The van der Waals surface area contributed by atoms with E-state index in [-0.39, 0.29) is 30.5 Å². The lowest BCUT2D eigenvalue weighted by Crippen LogP contribution is -2.41. The van der Waals surface area contributed by atoms with Crippen molar-refractivity contribution in [1.29, 1.82) is 0 Å². The zero-order valence-corrected chi connectivity index (χ0v) is 18.7. The molecule has 12 heteroatoms. The van der Waals surface area contributed by atoms with Gasteiger partial charge in [0.25, 0.3) is 11.8 Å². The van der Waals surface area contributed by atoms with Gasteiger partial charge in [-0.3, -0.25) is 14.5 Å². The van der Waals surface area contributed by atoms with Gasteiger partial charge in [-0.1, -0.05) is 5.21 Å². The molecule has 0 spiro atoms. The Bertz CT molecular complexity index is 770. The van der Waals surface area contributed by atoms with Crippen molar-refractivity contribution in [3.63, 3.8) is 0 Å². The first-order valence-electron chi connectivity index (χ1n) is 10.4. The SMILES string of the molecule is CC(C)(C)NC(=O)OCCOCCOCCOCCn1cc(CN2C(=O)C=CC2=O)nn1. The number of hydrogen-bond acceptors (Lipinski definition) is 9. The summed E-state index contributed by atoms with van der Waals surface area (Å²) < 4.78 is 22.8. The Morgan fingerprint density at radius 2 is 1.50 bits per heavy atom. The fourth-order valence-electron chi connectivity index (χ4n) is 2.50. The summed E-state index contributed by atoms with van der Waals surface area (Å²) in [7, 11) is 0. The molecule has 0 bridgehead atoms. The van der Waals surface area contributed by atoms with E-state index in [0.717, 1.165) is 4.90 Å². The molecule has 3 amide bonds. The van der Waals surface area contributed by atoms with Gasteiger partial charge in [0.2, 0.25) is 0 Å². The van der Waals surface area contributed by atoms with Crippen LogP contribution in [0.1, 0.15) is 26.5 Å². The van der Waals surface area contributed by atoms with Crippen molar-refractivity contribution in [1.82, 2.24) is 25.2 Å². The van der Waals surface area contributed by atoms with Crippen LogP contribution in [-0.4, -0.2) is 89.6 Å². The third-order valence-corrected chi connectivity index (χ3v) is 3.95. The molecular weight excluding hydrogens is 422 g/mol. The third-order valence-electron chi connectivity index (χ3n) is 3.95. The van der Waals surface area contributed by atoms with Crippen LogP contribution in [0.25, 0.3) is 0 Å². The smallest absolute Gasteiger partial charge is 0.407 e. The van der Waals surface area contributed by atoms with Gasteiger partial charge in [0.05, 0.1) is 58.9 Å². The number of aromatic nitrogens is 3. The Labute approximate surface area is 186 Å². The molecule has 0 fully saturated rings. The van der Waals surface area contributed by atoms with E-state index in [0.29, 0.717) is 51.9 Å². The summed E-state index contributed by atoms with van der Waals surface area (Å²) >= 11 is 0. The summed E-state index contributed by atoms with van der Waals surface area (Å²) in [5.74, 6) is -0.703. The number of nitrogens with zero attached hydrogens (tertiary/aromatic N) is 4. The number of imide groups is 1. The van der Waals surface area contributed by atoms with Crippen LogP contribution in [0.15, 0.2) is 18.3 Å². The second kappa shape index (κ2) is 12.9. The quantitative estimate of drug-likeness (QED) is 0.311. The van der Waals surface area contributed by atoms with Gasteiger partial charge < -0.3 is 24.3 Å². The normalized spacial score (nSPS) is 13.8. The van der Waals surface area contributed by atoms with Gasteiger partial charge in [0.15, 0.2) is 0 Å². The van der Waals surface area contributed by atoms with Crippen molar-refractivity contribution in [2.75, 3.05) is 46.2 Å². The van der Waals surface area contributed by atoms with Crippen molar-refractivity contribution < 1.29 is 33.3 Å². The number of carbonyl (C=O) groups is 3. The van der Waals surface area contributed by atoms with Crippen LogP contribution < -0.4 is 5.32 Å². The highest BCUT2D eigenvalue weighted by Gasteiger charge is 2.24. The van der Waals surface area contributed by atoms with Gasteiger partial charge in [-0.2, -0.15) is 0 Å². The predicted octanol–water partition coefficient (Wildman–Crippen LogP) is 0.278. The average Bonchev–Trinajstić information content (AvgIpc) is 3.29. The first-order valence-corrected chi connectivity index (χ1v) is 10.4. The minimum absolute atomic E-state index is 0.0949. The highest BCUT2D eigenvalue weighted by atomic mass is 16.6. The van der Waals surface area contributed by atoms with Crippen LogP contribution in [0.4, 0.5) is 4.79 Å². The van der Waals surface area contributed by atoms with Gasteiger partial charge in [0, 0.05) is 17.7 Å². The lowest BCUT2D eigenvalue weighted by molar-refractivity contribution is -0.137. The zero-order chi connectivity index (χ0) is 23.4. The Morgan fingerprint density at radius 3 is 2.09 bits per heavy atom. The number of ether oxygens (including phenoxy) is 4. The van der Waals surface area contributed by atoms with E-state index >= 15 is 0 Å². The molecule has 2 rings (SSSR count). The van der Waals surface area contributed by atoms with E-state index in [1.54, 1.807) is 10.9 Å². The Kier molecular flexibility index (Phi) is 10.2. The average molecular weight is 453 g/mol. The number of carbonyl (C=O) groups excluding carboxylic acids is 3. The highest BCUT2D eigenvalue weighted by molar-refractivity contribution is 6.12. The number of nitrogens with one attached hydrogen (secondary N) is 1. The first kappa shape index (κ1) is 25.4. The largest absolute Gasteiger partial charge is 0.447 e. The van der Waals surface area contributed by atoms with Crippen LogP contribution in [0, 0.1) is 0 Å². The molecule has 1 N–H and O–H groups in total. The van der Waals surface area contributed by atoms with Crippen LogP contribution in [0.5, 0.6) is 0 Å². The summed E-state index contributed by atoms with van der Waals surface area (Å²) in [5.41, 5.74) is 0.194. The van der Waals surface area contributed by atoms with Crippen molar-refractivity contribution in [3.8, 4) is 0 Å². The van der Waals surface area contributed by atoms with Crippen LogP contribution >= 0.6 is 0 Å². The predicted molar refractivity (Wildman–Crippen MR) is 111 cm³/mol. The maximum atomic E-state index is 11.5. The second-order valence-corrected chi connectivity index (χ2v) is 7.92. The Balaban J connectivity index is 1.41. The molecule has 0 atom stereocenters. The fourth-order valence-corrected chi connectivity index (χ4v) is 2.50. The maximum absolute atomic E-state index is 11.5. The van der Waals surface area contributed by atoms with E-state index in [1.165, 1.54) is 12.2 Å². The van der Waals surface area contributed by atoms with E-state index in [9.17, 15) is 14.4 Å². The van der Waals surface area contributed by atoms with Crippen LogP contribution in [0.2, 0.25) is 0 Å². The van der Waals surface area contributed by atoms with Gasteiger partial charge in [-0.25, -0.2) is 9.48 Å². The minimum atomic E-state index is -0.467. The molecular formula is C20H31N5O7. The highest BCUT2D eigenvalue weighted by Crippen LogP contribution is 2.08. The summed E-state index contributed by atoms with van der Waals surface area (Å²) in [6, 6.07) is 0. The molecule has 1 aromatic heterocycles. The molecule has 1 aliphatic rings. The van der Waals surface area contributed by atoms with Crippen LogP contribution in [0.3, 0.4) is 0 Å². The second-order valence-electron chi connectivity index (χ2n) is 7.92. The van der Waals surface area contributed by atoms with Crippen molar-refractivity contribution >= 4 is 17.9 Å². The standard InChI is InChI=1S/C20H31N5O7/c1-20(2,3)21-19(28)32-13-12-31-11-10-30-9-8-29-7-6-24-14-16(22-23-24)15-25-17(26)4-5-18(25)27/h4-5,14H,6-13,15H2,1-3H3,(H,21,28). The first-order chi connectivity index (χ1) is 15.2. The number of rotatable bonds is 14. The van der Waals surface area contributed by atoms with Crippen molar-refractivity contribution in [2.24, 2.45) is 0 Å². The number of alkyl carbamates (subject to hydrolysis) is 1. The van der Waals surface area contributed by atoms with E-state index in [2.05, 4.69) is 15.6 Å². The minimum Gasteiger partial charge on any atom is -0.447 e. The van der Waals surface area contributed by atoms with Gasteiger partial charge >= 0.3 is 6.09 Å². The monoisotopic (exact) mass is 453 g/mol. The molecule has 0 unspecified atom stereocenters. The maximum Gasteiger partial charge on any atom is 0.407 e. The van der Waals surface area contributed by atoms with Crippen molar-refractivity contribution in [2.45, 2.75) is 39.4 Å². The topological polar surface area (TPSA) is 134 Å². The summed E-state index contributed by atoms with van der Waals surface area (Å²) in [5, 5.41) is 10.6. The summed E-state index contributed by atoms with van der Waals surface area (Å²) in [6.07, 6.45) is 3.67. The lowest BCUT2D eigenvalue weighted by atomic mass is 10.1. The number of amides is 3. The summed E-state index contributed by atoms with van der Waals surface area (Å²) in [6.45, 7) is 8.73. The Morgan fingerprint density at radius 1 is 0.938 bits per heavy atom. The fraction of sp³-hybridized carbons (Fsp3) is 0.650. The molecule has 0 radical (unpaired) electrons. The molecule has 0 aliphatic carbocycles. The van der Waals surface area contributed by atoms with Crippen molar-refractivity contribution in [3.05, 3.63) is 24.0 Å². The molecule has 1 aromatic rings. The van der Waals surface area contributed by atoms with Crippen LogP contribution in [-0.2, 0) is 41.6 Å². The molecule has 32 heavy (non-hydrogen) atoms. The van der Waals surface area contributed by atoms with E-state index in [1.807, 2.05) is 20.8 Å². The molecule has 178 valence electrons. The lowest BCUT2D eigenvalue weighted by Gasteiger charge is -2.19. The van der Waals surface area contributed by atoms with Gasteiger partial charge in [0.1, 0.15) is 12.3 Å². The molecule has 12 nitrogen and oxygen atoms in total. The van der Waals surface area contributed by atoms with E-state index < -0.39 is 6.09 Å². The van der Waals surface area contributed by atoms with E-state index in [4.69, 9.17) is 18.9 Å². The zero-order valence-electron chi connectivity index (χ0n) is 18.7. The van der Waals surface area contributed by atoms with Gasteiger partial charge in [-0.15, -0.1) is 5.10 Å². The molecule has 0 saturated heterocycles. The molecule has 0 aromatic carbocycles.